The second-order valence-corrected chi connectivity index (χ2v) is 7.28. The molecule has 0 spiro atoms. The smallest absolute Gasteiger partial charge is 0.147 e. The Kier molecular flexibility index (Phi) is 8.06. The molecule has 0 radical (unpaired) electrons. The van der Waals surface area contributed by atoms with Crippen molar-refractivity contribution in [3.63, 3.8) is 0 Å². The third-order valence-corrected chi connectivity index (χ3v) is 5.84. The number of hydrogen-bond donors (Lipinski definition) is 0. The monoisotopic (exact) mass is 332 g/mol. The Hall–Kier alpha value is -0.110. The van der Waals surface area contributed by atoms with E-state index in [1.165, 1.54) is 9.77 Å². The van der Waals surface area contributed by atoms with E-state index in [9.17, 15) is 0 Å². The molecule has 2 unspecified atom stereocenters. The third-order valence-electron chi connectivity index (χ3n) is 3.33. The summed E-state index contributed by atoms with van der Waals surface area (Å²) in [5.74, 6) is 0. The van der Waals surface area contributed by atoms with Crippen molar-refractivity contribution in [2.24, 2.45) is 0 Å². The van der Waals surface area contributed by atoms with Crippen LogP contribution in [0.25, 0.3) is 0 Å². The van der Waals surface area contributed by atoms with Gasteiger partial charge in [-0.25, -0.2) is 0 Å². The van der Waals surface area contributed by atoms with Crippen LogP contribution in [0.15, 0.2) is 15.7 Å². The maximum atomic E-state index is 5.93. The summed E-state index contributed by atoms with van der Waals surface area (Å²) in [5, 5.41) is 2.71. The van der Waals surface area contributed by atoms with E-state index in [4.69, 9.17) is 18.9 Å². The van der Waals surface area contributed by atoms with Crippen molar-refractivity contribution in [2.45, 2.75) is 35.3 Å². The van der Waals surface area contributed by atoms with Crippen LogP contribution in [0.2, 0.25) is 0 Å². The maximum Gasteiger partial charge on any atom is 0.147 e. The fourth-order valence-electron chi connectivity index (χ4n) is 2.23. The zero-order chi connectivity index (χ0) is 14.9. The summed E-state index contributed by atoms with van der Waals surface area (Å²) in [4.78, 5) is 0. The SMILES string of the molecule is CCOCCC1CC(OCOCCOC)c2ccsc2S1. The van der Waals surface area contributed by atoms with Crippen LogP contribution in [0.4, 0.5) is 0 Å². The second-order valence-electron chi connectivity index (χ2n) is 4.80. The molecule has 1 aliphatic heterocycles. The molecule has 2 atom stereocenters. The van der Waals surface area contributed by atoms with E-state index in [2.05, 4.69) is 11.4 Å². The molecule has 4 nitrogen and oxygen atoms in total. The minimum Gasteiger partial charge on any atom is -0.382 e. The Bertz CT molecular complexity index is 397. The lowest BCUT2D eigenvalue weighted by molar-refractivity contribution is -0.102. The van der Waals surface area contributed by atoms with Gasteiger partial charge in [-0.15, -0.1) is 23.1 Å². The van der Waals surface area contributed by atoms with Gasteiger partial charge < -0.3 is 18.9 Å². The number of ether oxygens (including phenoxy) is 4. The second kappa shape index (κ2) is 9.82. The molecule has 0 saturated carbocycles. The average molecular weight is 332 g/mol. The molecule has 2 rings (SSSR count). The molecule has 6 heteroatoms. The van der Waals surface area contributed by atoms with Gasteiger partial charge in [0.25, 0.3) is 0 Å². The fourth-order valence-corrected chi connectivity index (χ4v) is 4.82. The Labute approximate surface area is 135 Å². The van der Waals surface area contributed by atoms with Crippen molar-refractivity contribution in [3.8, 4) is 0 Å². The number of hydrogen-bond acceptors (Lipinski definition) is 6. The van der Waals surface area contributed by atoms with Crippen LogP contribution in [0.1, 0.15) is 31.4 Å². The van der Waals surface area contributed by atoms with Crippen molar-refractivity contribution in [1.82, 2.24) is 0 Å². The predicted octanol–water partition coefficient (Wildman–Crippen LogP) is 3.72. The molecule has 0 bridgehead atoms. The van der Waals surface area contributed by atoms with Gasteiger partial charge in [0.05, 0.1) is 23.5 Å². The predicted molar refractivity (Wildman–Crippen MR) is 86.2 cm³/mol. The summed E-state index contributed by atoms with van der Waals surface area (Å²) in [7, 11) is 1.67. The van der Waals surface area contributed by atoms with Gasteiger partial charge in [0.15, 0.2) is 0 Å². The molecule has 1 aromatic rings. The van der Waals surface area contributed by atoms with Gasteiger partial charge in [-0.05, 0) is 31.2 Å². The average Bonchev–Trinajstić information content (AvgIpc) is 2.96. The molecule has 21 heavy (non-hydrogen) atoms. The normalized spacial score (nSPS) is 21.4. The van der Waals surface area contributed by atoms with Crippen LogP contribution in [0, 0.1) is 0 Å². The number of methoxy groups -OCH3 is 1. The van der Waals surface area contributed by atoms with Crippen LogP contribution in [-0.2, 0) is 18.9 Å². The van der Waals surface area contributed by atoms with E-state index in [-0.39, 0.29) is 6.10 Å². The molecule has 120 valence electrons. The molecule has 0 fully saturated rings. The number of fused-ring (bicyclic) bond motifs is 1. The maximum absolute atomic E-state index is 5.93. The standard InChI is InChI=1S/C15H24O4S2/c1-3-17-6-4-12-10-14(19-11-18-8-7-16-2)13-5-9-20-15(13)21-12/h5,9,12,14H,3-4,6-8,10-11H2,1-2H3. The topological polar surface area (TPSA) is 36.9 Å². The largest absolute Gasteiger partial charge is 0.382 e. The lowest BCUT2D eigenvalue weighted by Crippen LogP contribution is -2.20. The first-order valence-electron chi connectivity index (χ1n) is 7.35. The molecule has 0 aliphatic carbocycles. The van der Waals surface area contributed by atoms with Crippen molar-refractivity contribution in [1.29, 1.82) is 0 Å². The first-order chi connectivity index (χ1) is 10.3. The van der Waals surface area contributed by atoms with Crippen LogP contribution in [0.3, 0.4) is 0 Å². The molecule has 1 aromatic heterocycles. The highest BCUT2D eigenvalue weighted by Gasteiger charge is 2.29. The molecule has 2 heterocycles. The first kappa shape index (κ1) is 17.2. The molecule has 0 saturated heterocycles. The van der Waals surface area contributed by atoms with Crippen molar-refractivity contribution < 1.29 is 18.9 Å². The van der Waals surface area contributed by atoms with Crippen molar-refractivity contribution in [3.05, 3.63) is 17.0 Å². The van der Waals surface area contributed by atoms with Crippen molar-refractivity contribution in [2.75, 3.05) is 40.3 Å². The highest BCUT2D eigenvalue weighted by atomic mass is 32.2. The Morgan fingerprint density at radius 3 is 2.95 bits per heavy atom. The molecule has 0 aromatic carbocycles. The minimum absolute atomic E-state index is 0.140. The van der Waals surface area contributed by atoms with E-state index >= 15 is 0 Å². The van der Waals surface area contributed by atoms with E-state index in [0.29, 0.717) is 25.3 Å². The van der Waals surface area contributed by atoms with Crippen LogP contribution in [0.5, 0.6) is 0 Å². The van der Waals surface area contributed by atoms with Gasteiger partial charge in [-0.1, -0.05) is 0 Å². The zero-order valence-corrected chi connectivity index (χ0v) is 14.3. The molecule has 0 N–H and O–H groups in total. The lowest BCUT2D eigenvalue weighted by atomic mass is 10.1. The van der Waals surface area contributed by atoms with E-state index < -0.39 is 0 Å². The highest BCUT2D eigenvalue weighted by Crippen LogP contribution is 2.46. The van der Waals surface area contributed by atoms with Gasteiger partial charge >= 0.3 is 0 Å². The van der Waals surface area contributed by atoms with Gasteiger partial charge in [0, 0.05) is 31.1 Å². The summed E-state index contributed by atoms with van der Waals surface area (Å²) >= 11 is 3.76. The summed E-state index contributed by atoms with van der Waals surface area (Å²) in [6, 6.07) is 2.17. The Morgan fingerprint density at radius 1 is 1.24 bits per heavy atom. The fraction of sp³-hybridized carbons (Fsp3) is 0.733. The number of thioether (sulfide) groups is 1. The highest BCUT2D eigenvalue weighted by molar-refractivity contribution is 8.01. The van der Waals surface area contributed by atoms with Crippen LogP contribution < -0.4 is 0 Å². The van der Waals surface area contributed by atoms with Crippen LogP contribution >= 0.6 is 23.1 Å². The number of rotatable bonds is 10. The third kappa shape index (κ3) is 5.54. The van der Waals surface area contributed by atoms with Gasteiger partial charge in [0.1, 0.15) is 6.79 Å². The first-order valence-corrected chi connectivity index (χ1v) is 9.11. The molecule has 0 amide bonds. The summed E-state index contributed by atoms with van der Waals surface area (Å²) in [6.07, 6.45) is 2.23. The van der Waals surface area contributed by atoms with E-state index in [1.807, 2.05) is 18.7 Å². The minimum atomic E-state index is 0.140. The van der Waals surface area contributed by atoms with E-state index in [1.54, 1.807) is 18.4 Å². The van der Waals surface area contributed by atoms with Gasteiger partial charge in [-0.3, -0.25) is 0 Å². The quantitative estimate of drug-likeness (QED) is 0.482. The van der Waals surface area contributed by atoms with E-state index in [0.717, 1.165) is 26.1 Å². The lowest BCUT2D eigenvalue weighted by Gasteiger charge is -2.28. The Balaban J connectivity index is 1.81. The summed E-state index contributed by atoms with van der Waals surface area (Å²) < 4.78 is 23.2. The molecule has 1 aliphatic rings. The van der Waals surface area contributed by atoms with Crippen molar-refractivity contribution >= 4 is 23.1 Å². The molecular formula is C15H24O4S2. The Morgan fingerprint density at radius 2 is 2.14 bits per heavy atom. The molecular weight excluding hydrogens is 308 g/mol. The zero-order valence-electron chi connectivity index (χ0n) is 12.7. The van der Waals surface area contributed by atoms with Gasteiger partial charge in [0.2, 0.25) is 0 Å². The summed E-state index contributed by atoms with van der Waals surface area (Å²) in [5.41, 5.74) is 1.31. The number of thiophene rings is 1. The van der Waals surface area contributed by atoms with Gasteiger partial charge in [-0.2, -0.15) is 0 Å². The summed E-state index contributed by atoms with van der Waals surface area (Å²) in [6.45, 7) is 5.15. The van der Waals surface area contributed by atoms with Crippen LogP contribution in [-0.4, -0.2) is 45.6 Å².